The summed E-state index contributed by atoms with van der Waals surface area (Å²) in [5.74, 6) is -0.266. The third kappa shape index (κ3) is 1.81. The Balaban J connectivity index is 2.00. The number of rotatable bonds is 1. The molecule has 0 bridgehead atoms. The molecular weight excluding hydrogens is 235 g/mol. The summed E-state index contributed by atoms with van der Waals surface area (Å²) >= 11 is 0. The van der Waals surface area contributed by atoms with Crippen LogP contribution in [0, 0.1) is 5.82 Å². The number of hydrogen-bond donors (Lipinski definition) is 3. The molecule has 0 spiro atoms. The molecule has 0 saturated heterocycles. The van der Waals surface area contributed by atoms with Crippen LogP contribution in [0.5, 0.6) is 0 Å². The van der Waals surface area contributed by atoms with Crippen LogP contribution in [0.15, 0.2) is 18.2 Å². The van der Waals surface area contributed by atoms with Gasteiger partial charge in [-0.25, -0.2) is 9.18 Å². The van der Waals surface area contributed by atoms with Crippen molar-refractivity contribution in [1.82, 2.24) is 10.3 Å². The molecule has 0 aliphatic heterocycles. The number of amides is 1. The van der Waals surface area contributed by atoms with Crippen molar-refractivity contribution >= 4 is 17.0 Å². The van der Waals surface area contributed by atoms with Crippen molar-refractivity contribution < 1.29 is 14.3 Å². The molecule has 0 fully saturated rings. The zero-order valence-electron chi connectivity index (χ0n) is 9.66. The molecule has 0 radical (unpaired) electrons. The van der Waals surface area contributed by atoms with Crippen LogP contribution in [0.4, 0.5) is 9.18 Å². The average molecular weight is 248 g/mol. The van der Waals surface area contributed by atoms with E-state index in [0.29, 0.717) is 6.42 Å². The summed E-state index contributed by atoms with van der Waals surface area (Å²) in [6.07, 6.45) is 1.17. The number of halogens is 1. The molecule has 5 heteroatoms. The average Bonchev–Trinajstić information content (AvgIpc) is 2.66. The molecule has 0 unspecified atom stereocenters. The van der Waals surface area contributed by atoms with Gasteiger partial charge in [0.25, 0.3) is 0 Å². The number of hydrogen-bond acceptors (Lipinski definition) is 1. The van der Waals surface area contributed by atoms with Crippen LogP contribution in [0.1, 0.15) is 17.7 Å². The third-order valence-corrected chi connectivity index (χ3v) is 3.48. The van der Waals surface area contributed by atoms with E-state index in [2.05, 4.69) is 10.3 Å². The van der Waals surface area contributed by atoms with Gasteiger partial charge in [0.05, 0.1) is 0 Å². The number of aromatic nitrogens is 1. The van der Waals surface area contributed by atoms with Gasteiger partial charge >= 0.3 is 6.09 Å². The lowest BCUT2D eigenvalue weighted by molar-refractivity contribution is 0.188. The van der Waals surface area contributed by atoms with Gasteiger partial charge in [0.2, 0.25) is 0 Å². The first kappa shape index (κ1) is 11.1. The van der Waals surface area contributed by atoms with E-state index in [1.54, 1.807) is 6.07 Å². The van der Waals surface area contributed by atoms with Gasteiger partial charge in [0, 0.05) is 22.6 Å². The highest BCUT2D eigenvalue weighted by molar-refractivity contribution is 5.85. The minimum absolute atomic E-state index is 0.0859. The van der Waals surface area contributed by atoms with Crippen molar-refractivity contribution in [2.75, 3.05) is 0 Å². The number of carboxylic acid groups (broad SMARTS) is 1. The molecule has 3 N–H and O–H groups in total. The van der Waals surface area contributed by atoms with Crippen LogP contribution in [0.2, 0.25) is 0 Å². The van der Waals surface area contributed by atoms with Crippen molar-refractivity contribution in [2.24, 2.45) is 0 Å². The maximum Gasteiger partial charge on any atom is 0.404 e. The van der Waals surface area contributed by atoms with Gasteiger partial charge in [-0.3, -0.25) is 0 Å². The molecule has 1 aliphatic rings. The molecule has 1 heterocycles. The predicted molar refractivity (Wildman–Crippen MR) is 65.2 cm³/mol. The molecular formula is C13H13FN2O2. The predicted octanol–water partition coefficient (Wildman–Crippen LogP) is 2.43. The van der Waals surface area contributed by atoms with Gasteiger partial charge in [-0.2, -0.15) is 0 Å². The van der Waals surface area contributed by atoms with Gasteiger partial charge in [-0.05, 0) is 43.0 Å². The summed E-state index contributed by atoms with van der Waals surface area (Å²) < 4.78 is 13.3. The Kier molecular flexibility index (Phi) is 2.47. The topological polar surface area (TPSA) is 65.1 Å². The normalized spacial score (nSPS) is 18.6. The molecule has 1 aromatic heterocycles. The van der Waals surface area contributed by atoms with E-state index in [9.17, 15) is 9.18 Å². The van der Waals surface area contributed by atoms with Crippen molar-refractivity contribution in [1.29, 1.82) is 0 Å². The Labute approximate surface area is 103 Å². The highest BCUT2D eigenvalue weighted by Gasteiger charge is 2.23. The number of aryl methyl sites for hydroxylation is 1. The summed E-state index contributed by atoms with van der Waals surface area (Å²) in [6, 6.07) is 4.57. The van der Waals surface area contributed by atoms with E-state index in [-0.39, 0.29) is 11.9 Å². The maximum absolute atomic E-state index is 13.3. The number of aromatic amines is 1. The Bertz CT molecular complexity index is 621. The Morgan fingerprint density at radius 1 is 1.50 bits per heavy atom. The SMILES string of the molecule is O=C(O)N[C@@H]1CCc2[nH]c3ccc(F)cc3c2C1. The maximum atomic E-state index is 13.3. The first-order valence-electron chi connectivity index (χ1n) is 5.92. The van der Waals surface area contributed by atoms with Gasteiger partial charge in [-0.1, -0.05) is 0 Å². The molecule has 1 aliphatic carbocycles. The van der Waals surface area contributed by atoms with Crippen LogP contribution in [-0.2, 0) is 12.8 Å². The van der Waals surface area contributed by atoms with Crippen LogP contribution >= 0.6 is 0 Å². The van der Waals surface area contributed by atoms with E-state index in [1.165, 1.54) is 12.1 Å². The zero-order valence-corrected chi connectivity index (χ0v) is 9.66. The number of benzene rings is 1. The van der Waals surface area contributed by atoms with Crippen LogP contribution in [-0.4, -0.2) is 22.2 Å². The summed E-state index contributed by atoms with van der Waals surface area (Å²) in [6.45, 7) is 0. The Morgan fingerprint density at radius 3 is 3.11 bits per heavy atom. The molecule has 4 nitrogen and oxygen atoms in total. The molecule has 3 rings (SSSR count). The van der Waals surface area contributed by atoms with Crippen LogP contribution < -0.4 is 5.32 Å². The van der Waals surface area contributed by atoms with E-state index >= 15 is 0 Å². The zero-order chi connectivity index (χ0) is 12.7. The lowest BCUT2D eigenvalue weighted by Crippen LogP contribution is -2.37. The van der Waals surface area contributed by atoms with E-state index < -0.39 is 6.09 Å². The minimum atomic E-state index is -1.01. The van der Waals surface area contributed by atoms with E-state index in [4.69, 9.17) is 5.11 Å². The fraction of sp³-hybridized carbons (Fsp3) is 0.308. The van der Waals surface area contributed by atoms with Crippen LogP contribution in [0.25, 0.3) is 10.9 Å². The first-order chi connectivity index (χ1) is 8.63. The first-order valence-corrected chi connectivity index (χ1v) is 5.92. The largest absolute Gasteiger partial charge is 0.465 e. The quantitative estimate of drug-likeness (QED) is 0.725. The molecule has 18 heavy (non-hydrogen) atoms. The Morgan fingerprint density at radius 2 is 2.33 bits per heavy atom. The molecule has 1 aromatic carbocycles. The second kappa shape index (κ2) is 4.01. The fourth-order valence-corrected chi connectivity index (χ4v) is 2.69. The third-order valence-electron chi connectivity index (χ3n) is 3.48. The van der Waals surface area contributed by atoms with Crippen molar-refractivity contribution in [3.63, 3.8) is 0 Å². The van der Waals surface area contributed by atoms with Crippen molar-refractivity contribution in [2.45, 2.75) is 25.3 Å². The van der Waals surface area contributed by atoms with Gasteiger partial charge in [0.15, 0.2) is 0 Å². The van der Waals surface area contributed by atoms with Gasteiger partial charge in [0.1, 0.15) is 5.82 Å². The molecule has 1 atom stereocenters. The smallest absolute Gasteiger partial charge is 0.404 e. The second-order valence-electron chi connectivity index (χ2n) is 4.66. The highest BCUT2D eigenvalue weighted by Crippen LogP contribution is 2.29. The monoisotopic (exact) mass is 248 g/mol. The van der Waals surface area contributed by atoms with Gasteiger partial charge in [-0.15, -0.1) is 0 Å². The summed E-state index contributed by atoms with van der Waals surface area (Å²) in [4.78, 5) is 13.9. The molecule has 1 amide bonds. The molecule has 2 aromatic rings. The molecule has 94 valence electrons. The summed E-state index contributed by atoms with van der Waals surface area (Å²) in [5.41, 5.74) is 3.05. The highest BCUT2D eigenvalue weighted by atomic mass is 19.1. The number of H-pyrrole nitrogens is 1. The van der Waals surface area contributed by atoms with E-state index in [0.717, 1.165) is 35.0 Å². The summed E-state index contributed by atoms with van der Waals surface area (Å²) in [7, 11) is 0. The second-order valence-corrected chi connectivity index (χ2v) is 4.66. The fourth-order valence-electron chi connectivity index (χ4n) is 2.69. The van der Waals surface area contributed by atoms with Crippen molar-refractivity contribution in [3.05, 3.63) is 35.3 Å². The van der Waals surface area contributed by atoms with Gasteiger partial charge < -0.3 is 15.4 Å². The lowest BCUT2D eigenvalue weighted by atomic mass is 9.91. The standard InChI is InChI=1S/C13H13FN2O2/c14-7-1-3-11-9(5-7)10-6-8(15-13(17)18)2-4-12(10)16-11/h1,3,5,8,15-16H,2,4,6H2,(H,17,18)/t8-/m1/s1. The summed E-state index contributed by atoms with van der Waals surface area (Å²) in [5, 5.41) is 12.1. The van der Waals surface area contributed by atoms with E-state index in [1.807, 2.05) is 0 Å². The lowest BCUT2D eigenvalue weighted by Gasteiger charge is -2.22. The Hall–Kier alpha value is -2.04. The molecule has 0 saturated carbocycles. The number of fused-ring (bicyclic) bond motifs is 3. The number of carbonyl (C=O) groups is 1. The van der Waals surface area contributed by atoms with Crippen molar-refractivity contribution in [3.8, 4) is 0 Å². The van der Waals surface area contributed by atoms with Crippen LogP contribution in [0.3, 0.4) is 0 Å². The minimum Gasteiger partial charge on any atom is -0.465 e. The number of nitrogens with one attached hydrogen (secondary N) is 2.